The van der Waals surface area contributed by atoms with Crippen molar-refractivity contribution in [3.8, 4) is 0 Å². The number of carbonyl (C=O) groups excluding carboxylic acids is 1. The van der Waals surface area contributed by atoms with Gasteiger partial charge in [-0.1, -0.05) is 54.9 Å². The summed E-state index contributed by atoms with van der Waals surface area (Å²) in [6, 6.07) is 0. The molecule has 1 heterocycles. The molecule has 1 amide bonds. The predicted molar refractivity (Wildman–Crippen MR) is 81.7 cm³/mol. The van der Waals surface area contributed by atoms with Crippen LogP contribution < -0.4 is 0 Å². The number of amides is 1. The zero-order valence-corrected chi connectivity index (χ0v) is 14.1. The van der Waals surface area contributed by atoms with Gasteiger partial charge in [-0.05, 0) is 23.8 Å². The van der Waals surface area contributed by atoms with Crippen LogP contribution in [0.5, 0.6) is 0 Å². The number of nitrogens with zero attached hydrogens (tertiary/aromatic N) is 1. The molecule has 1 atom stereocenters. The zero-order chi connectivity index (χ0) is 15.0. The predicted octanol–water partition coefficient (Wildman–Crippen LogP) is 4.61. The van der Waals surface area contributed by atoms with Gasteiger partial charge in [-0.2, -0.15) is 0 Å². The van der Waals surface area contributed by atoms with Gasteiger partial charge < -0.3 is 4.90 Å². The van der Waals surface area contributed by atoms with E-state index in [0.29, 0.717) is 5.91 Å². The first-order chi connectivity index (χ1) is 8.50. The molecule has 2 heteroatoms. The van der Waals surface area contributed by atoms with Crippen LogP contribution in [0.2, 0.25) is 0 Å². The SMILES string of the molecule is CCCC1CC(C(C)(C)C)=C(C(C)(C)C)N(C)C1=O. The van der Waals surface area contributed by atoms with Crippen molar-refractivity contribution >= 4 is 5.91 Å². The summed E-state index contributed by atoms with van der Waals surface area (Å²) in [6.45, 7) is 15.6. The van der Waals surface area contributed by atoms with Crippen molar-refractivity contribution in [3.63, 3.8) is 0 Å². The van der Waals surface area contributed by atoms with Gasteiger partial charge in [0.05, 0.1) is 0 Å². The minimum atomic E-state index is 0.0181. The Morgan fingerprint density at radius 1 is 1.11 bits per heavy atom. The van der Waals surface area contributed by atoms with Gasteiger partial charge in [0.2, 0.25) is 5.91 Å². The first-order valence-corrected chi connectivity index (χ1v) is 7.51. The van der Waals surface area contributed by atoms with Gasteiger partial charge in [0.15, 0.2) is 0 Å². The molecule has 0 N–H and O–H groups in total. The zero-order valence-electron chi connectivity index (χ0n) is 14.1. The third kappa shape index (κ3) is 3.40. The largest absolute Gasteiger partial charge is 0.319 e. The van der Waals surface area contributed by atoms with Crippen LogP contribution in [-0.4, -0.2) is 17.9 Å². The fraction of sp³-hybridized carbons (Fsp3) is 0.824. The fourth-order valence-electron chi connectivity index (χ4n) is 3.21. The van der Waals surface area contributed by atoms with Crippen LogP contribution in [0, 0.1) is 16.7 Å². The van der Waals surface area contributed by atoms with Crippen LogP contribution in [-0.2, 0) is 4.79 Å². The Kier molecular flexibility index (Phi) is 4.54. The van der Waals surface area contributed by atoms with Crippen molar-refractivity contribution < 1.29 is 4.79 Å². The molecule has 0 radical (unpaired) electrons. The molecule has 2 nitrogen and oxygen atoms in total. The van der Waals surface area contributed by atoms with Gasteiger partial charge in [-0.15, -0.1) is 0 Å². The quantitative estimate of drug-likeness (QED) is 0.714. The summed E-state index contributed by atoms with van der Waals surface area (Å²) in [5.74, 6) is 0.482. The molecular weight excluding hydrogens is 234 g/mol. The van der Waals surface area contributed by atoms with Crippen LogP contribution in [0.15, 0.2) is 11.3 Å². The molecule has 1 aliphatic heterocycles. The maximum absolute atomic E-state index is 12.5. The van der Waals surface area contributed by atoms with E-state index in [1.54, 1.807) is 0 Å². The molecule has 0 saturated heterocycles. The lowest BCUT2D eigenvalue weighted by molar-refractivity contribution is -0.134. The van der Waals surface area contributed by atoms with Gasteiger partial charge in [0.25, 0.3) is 0 Å². The highest BCUT2D eigenvalue weighted by atomic mass is 16.2. The second-order valence-electron chi connectivity index (χ2n) is 7.91. The molecule has 0 saturated carbocycles. The lowest BCUT2D eigenvalue weighted by Crippen LogP contribution is -2.43. The molecule has 0 aromatic rings. The molecule has 0 aromatic heterocycles. The highest BCUT2D eigenvalue weighted by Gasteiger charge is 2.39. The number of hydrogen-bond acceptors (Lipinski definition) is 1. The average molecular weight is 265 g/mol. The highest BCUT2D eigenvalue weighted by molar-refractivity contribution is 5.82. The van der Waals surface area contributed by atoms with Crippen molar-refractivity contribution in [1.29, 1.82) is 0 Å². The van der Waals surface area contributed by atoms with E-state index in [4.69, 9.17) is 0 Å². The Morgan fingerprint density at radius 3 is 2.00 bits per heavy atom. The van der Waals surface area contributed by atoms with Gasteiger partial charge in [0.1, 0.15) is 0 Å². The maximum atomic E-state index is 12.5. The van der Waals surface area contributed by atoms with Crippen molar-refractivity contribution in [2.45, 2.75) is 67.7 Å². The first-order valence-electron chi connectivity index (χ1n) is 7.51. The van der Waals surface area contributed by atoms with Crippen LogP contribution >= 0.6 is 0 Å². The van der Waals surface area contributed by atoms with Gasteiger partial charge in [-0.3, -0.25) is 4.79 Å². The molecule has 0 bridgehead atoms. The standard InChI is InChI=1S/C17H31NO/c1-9-10-12-11-13(16(2,3)4)14(17(5,6)7)18(8)15(12)19/h12H,9-11H2,1-8H3. The Labute approximate surface area is 119 Å². The van der Waals surface area contributed by atoms with E-state index in [9.17, 15) is 4.79 Å². The number of carbonyl (C=O) groups is 1. The molecule has 0 aliphatic carbocycles. The van der Waals surface area contributed by atoms with Crippen molar-refractivity contribution in [2.75, 3.05) is 7.05 Å². The summed E-state index contributed by atoms with van der Waals surface area (Å²) < 4.78 is 0. The summed E-state index contributed by atoms with van der Waals surface area (Å²) >= 11 is 0. The fourth-order valence-corrected chi connectivity index (χ4v) is 3.21. The highest BCUT2D eigenvalue weighted by Crippen LogP contribution is 2.45. The molecule has 1 rings (SSSR count). The van der Waals surface area contributed by atoms with Gasteiger partial charge in [-0.25, -0.2) is 0 Å². The summed E-state index contributed by atoms with van der Waals surface area (Å²) in [4.78, 5) is 14.5. The van der Waals surface area contributed by atoms with E-state index in [1.165, 1.54) is 11.3 Å². The van der Waals surface area contributed by atoms with E-state index in [-0.39, 0.29) is 16.7 Å². The number of hydrogen-bond donors (Lipinski definition) is 0. The minimum Gasteiger partial charge on any atom is -0.319 e. The molecule has 0 aromatic carbocycles. The third-order valence-electron chi connectivity index (χ3n) is 4.00. The summed E-state index contributed by atoms with van der Waals surface area (Å²) in [7, 11) is 1.95. The third-order valence-corrected chi connectivity index (χ3v) is 4.00. The topological polar surface area (TPSA) is 20.3 Å². The normalized spacial score (nSPS) is 22.2. The second-order valence-corrected chi connectivity index (χ2v) is 7.91. The summed E-state index contributed by atoms with van der Waals surface area (Å²) in [5, 5.41) is 0. The van der Waals surface area contributed by atoms with Crippen LogP contribution in [0.1, 0.15) is 67.7 Å². The van der Waals surface area contributed by atoms with Crippen LogP contribution in [0.4, 0.5) is 0 Å². The van der Waals surface area contributed by atoms with Crippen molar-refractivity contribution in [3.05, 3.63) is 11.3 Å². The lowest BCUT2D eigenvalue weighted by atomic mass is 9.71. The van der Waals surface area contributed by atoms with Crippen LogP contribution in [0.25, 0.3) is 0 Å². The molecule has 1 aliphatic rings. The van der Waals surface area contributed by atoms with Gasteiger partial charge >= 0.3 is 0 Å². The molecule has 1 unspecified atom stereocenters. The van der Waals surface area contributed by atoms with Gasteiger partial charge in [0, 0.05) is 24.1 Å². The van der Waals surface area contributed by atoms with Crippen LogP contribution in [0.3, 0.4) is 0 Å². The van der Waals surface area contributed by atoms with Crippen molar-refractivity contribution in [1.82, 2.24) is 4.90 Å². The molecule has 0 fully saturated rings. The Morgan fingerprint density at radius 2 is 1.63 bits per heavy atom. The smallest absolute Gasteiger partial charge is 0.229 e. The monoisotopic (exact) mass is 265 g/mol. The Bertz CT molecular complexity index is 379. The molecule has 0 spiro atoms. The Hall–Kier alpha value is -0.790. The minimum absolute atomic E-state index is 0.0181. The molecule has 110 valence electrons. The van der Waals surface area contributed by atoms with E-state index >= 15 is 0 Å². The Balaban J connectivity index is 3.34. The molecule has 19 heavy (non-hydrogen) atoms. The molecular formula is C17H31NO. The van der Waals surface area contributed by atoms with Crippen molar-refractivity contribution in [2.24, 2.45) is 16.7 Å². The second kappa shape index (κ2) is 5.30. The summed E-state index contributed by atoms with van der Waals surface area (Å²) in [6.07, 6.45) is 3.01. The van der Waals surface area contributed by atoms with E-state index in [0.717, 1.165) is 19.3 Å². The van der Waals surface area contributed by atoms with E-state index in [1.807, 2.05) is 11.9 Å². The number of rotatable bonds is 2. The average Bonchev–Trinajstić information content (AvgIpc) is 2.21. The lowest BCUT2D eigenvalue weighted by Gasteiger charge is -2.43. The number of allylic oxidation sites excluding steroid dienone is 2. The van der Waals surface area contributed by atoms with E-state index < -0.39 is 0 Å². The summed E-state index contributed by atoms with van der Waals surface area (Å²) in [5.41, 5.74) is 2.84. The maximum Gasteiger partial charge on any atom is 0.229 e. The first kappa shape index (κ1) is 16.3. The van der Waals surface area contributed by atoms with E-state index in [2.05, 4.69) is 48.5 Å².